The summed E-state index contributed by atoms with van der Waals surface area (Å²) in [5.74, 6) is 0.00342. The Morgan fingerprint density at radius 2 is 0.795 bits per heavy atom. The number of halogens is 2. The van der Waals surface area contributed by atoms with Gasteiger partial charge in [-0.1, -0.05) is 83.9 Å². The molecule has 0 heterocycles. The number of azo groups is 2. The molecular weight excluding hydrogens is 657 g/mol. The van der Waals surface area contributed by atoms with Crippen molar-refractivity contribution in [1.82, 2.24) is 0 Å². The van der Waals surface area contributed by atoms with Gasteiger partial charge in [0.2, 0.25) is 0 Å². The van der Waals surface area contributed by atoms with E-state index in [1.807, 2.05) is 48.5 Å². The predicted molar refractivity (Wildman–Crippen MR) is 166 cm³/mol. The summed E-state index contributed by atoms with van der Waals surface area (Å²) < 4.78 is 0. The second-order valence-corrected chi connectivity index (χ2v) is 9.85. The van der Waals surface area contributed by atoms with Crippen molar-refractivity contribution >= 4 is 67.5 Å². The fourth-order valence-corrected chi connectivity index (χ4v) is 4.39. The van der Waals surface area contributed by atoms with Crippen molar-refractivity contribution in [1.29, 1.82) is 0 Å². The minimum Gasteiger partial charge on any atom is -0.506 e. The SMILES string of the molecule is Oc1ccc(Cl)cc1N=Nc1c(O)ccc2ccccc12.Oc1ccc(Cl)cc1N=Nc1c(O)ccc2ccccc12.[Co].[Na+]. The van der Waals surface area contributed by atoms with E-state index in [1.54, 1.807) is 36.4 Å². The first kappa shape index (κ1) is 34.8. The smallest absolute Gasteiger partial charge is 0.506 e. The summed E-state index contributed by atoms with van der Waals surface area (Å²) in [5.41, 5.74) is 1.20. The maximum Gasteiger partial charge on any atom is 1.00 e. The second-order valence-electron chi connectivity index (χ2n) is 8.97. The maximum atomic E-state index is 9.97. The number of phenols is 4. The number of hydrogen-bond acceptors (Lipinski definition) is 8. The summed E-state index contributed by atoms with van der Waals surface area (Å²) in [6, 6.07) is 30.8. The van der Waals surface area contributed by atoms with Crippen LogP contribution in [0.4, 0.5) is 22.7 Å². The molecule has 0 unspecified atom stereocenters. The molecule has 44 heavy (non-hydrogen) atoms. The van der Waals surface area contributed by atoms with E-state index in [0.717, 1.165) is 21.5 Å². The minimum atomic E-state index is -0.0251. The van der Waals surface area contributed by atoms with Crippen LogP contribution in [-0.2, 0) is 16.8 Å². The molecule has 0 spiro atoms. The van der Waals surface area contributed by atoms with E-state index in [-0.39, 0.29) is 80.7 Å². The fraction of sp³-hybridized carbons (Fsp3) is 0. The molecule has 0 aliphatic rings. The van der Waals surface area contributed by atoms with E-state index in [2.05, 4.69) is 20.5 Å². The summed E-state index contributed by atoms with van der Waals surface area (Å²) >= 11 is 11.7. The molecule has 1 radical (unpaired) electrons. The third-order valence-electron chi connectivity index (χ3n) is 6.15. The van der Waals surface area contributed by atoms with Crippen molar-refractivity contribution in [3.8, 4) is 23.0 Å². The molecule has 6 rings (SSSR count). The second kappa shape index (κ2) is 15.9. The number of nitrogens with zero attached hydrogens (tertiary/aromatic N) is 4. The average molecular weight is 679 g/mol. The molecule has 217 valence electrons. The fourth-order valence-electron chi connectivity index (χ4n) is 4.06. The first-order valence-electron chi connectivity index (χ1n) is 12.5. The van der Waals surface area contributed by atoms with Gasteiger partial charge < -0.3 is 20.4 Å². The van der Waals surface area contributed by atoms with Crippen LogP contribution >= 0.6 is 23.2 Å². The van der Waals surface area contributed by atoms with Crippen LogP contribution in [0.1, 0.15) is 0 Å². The Balaban J connectivity index is 0.000000230. The van der Waals surface area contributed by atoms with Gasteiger partial charge in [-0.25, -0.2) is 0 Å². The van der Waals surface area contributed by atoms with Gasteiger partial charge in [0.15, 0.2) is 0 Å². The molecule has 8 nitrogen and oxygen atoms in total. The third-order valence-corrected chi connectivity index (χ3v) is 6.62. The standard InChI is InChI=1S/2C16H11ClN2O2.Co.Na/c2*17-11-6-8-14(20)13(9-11)18-19-16-12-4-2-1-3-10(12)5-7-15(16)21;;/h2*1-9,20-21H;;/q;;;+1. The van der Waals surface area contributed by atoms with Gasteiger partial charge in [-0.15, -0.1) is 20.5 Å². The topological polar surface area (TPSA) is 130 Å². The van der Waals surface area contributed by atoms with Crippen LogP contribution in [0.25, 0.3) is 21.5 Å². The Labute approximate surface area is 294 Å². The number of benzene rings is 6. The number of phenolic OH excluding ortho intramolecular Hbond substituents is 4. The van der Waals surface area contributed by atoms with E-state index in [4.69, 9.17) is 23.2 Å². The van der Waals surface area contributed by atoms with Crippen molar-refractivity contribution in [2.75, 3.05) is 0 Å². The maximum absolute atomic E-state index is 9.97. The minimum absolute atomic E-state index is 0. The average Bonchev–Trinajstić information content (AvgIpc) is 2.99. The molecule has 6 aromatic carbocycles. The summed E-state index contributed by atoms with van der Waals surface area (Å²) in [7, 11) is 0. The van der Waals surface area contributed by atoms with Gasteiger partial charge in [0.25, 0.3) is 0 Å². The molecule has 4 N–H and O–H groups in total. The Morgan fingerprint density at radius 1 is 0.432 bits per heavy atom. The summed E-state index contributed by atoms with van der Waals surface area (Å²) in [6.45, 7) is 0. The van der Waals surface area contributed by atoms with Gasteiger partial charge in [0.1, 0.15) is 45.7 Å². The molecule has 0 fully saturated rings. The van der Waals surface area contributed by atoms with Crippen LogP contribution in [0.5, 0.6) is 23.0 Å². The third kappa shape index (κ3) is 8.28. The molecule has 0 bridgehead atoms. The van der Waals surface area contributed by atoms with Gasteiger partial charge in [-0.05, 0) is 59.3 Å². The van der Waals surface area contributed by atoms with Crippen LogP contribution in [-0.4, -0.2) is 20.4 Å². The first-order chi connectivity index (χ1) is 20.3. The van der Waals surface area contributed by atoms with E-state index in [9.17, 15) is 20.4 Å². The number of hydrogen-bond donors (Lipinski definition) is 4. The zero-order valence-electron chi connectivity index (χ0n) is 23.1. The number of rotatable bonds is 4. The zero-order chi connectivity index (χ0) is 29.6. The van der Waals surface area contributed by atoms with Gasteiger partial charge in [-0.2, -0.15) is 0 Å². The molecule has 0 aliphatic carbocycles. The first-order valence-corrected chi connectivity index (χ1v) is 13.3. The van der Waals surface area contributed by atoms with Crippen LogP contribution < -0.4 is 29.6 Å². The van der Waals surface area contributed by atoms with Gasteiger partial charge in [0.05, 0.1) is 0 Å². The Hall–Kier alpha value is -3.67. The zero-order valence-corrected chi connectivity index (χ0v) is 27.6. The van der Waals surface area contributed by atoms with Crippen molar-refractivity contribution in [2.45, 2.75) is 0 Å². The molecule has 6 aromatic rings. The normalized spacial score (nSPS) is 10.8. The van der Waals surface area contributed by atoms with Crippen molar-refractivity contribution in [2.24, 2.45) is 20.5 Å². The summed E-state index contributed by atoms with van der Waals surface area (Å²) in [6.07, 6.45) is 0. The number of fused-ring (bicyclic) bond motifs is 2. The van der Waals surface area contributed by atoms with E-state index >= 15 is 0 Å². The van der Waals surface area contributed by atoms with Gasteiger partial charge in [0, 0.05) is 37.6 Å². The summed E-state index contributed by atoms with van der Waals surface area (Å²) in [5, 5.41) is 59.8. The molecule has 0 atom stereocenters. The van der Waals surface area contributed by atoms with Crippen LogP contribution in [0.3, 0.4) is 0 Å². The quantitative estimate of drug-likeness (QED) is 0.113. The molecule has 0 aliphatic heterocycles. The van der Waals surface area contributed by atoms with E-state index < -0.39 is 0 Å². The van der Waals surface area contributed by atoms with Crippen molar-refractivity contribution in [3.05, 3.63) is 119 Å². The van der Waals surface area contributed by atoms with E-state index in [1.165, 1.54) is 24.3 Å². The predicted octanol–water partition coefficient (Wildman–Crippen LogP) is 7.64. The molecule has 0 saturated heterocycles. The van der Waals surface area contributed by atoms with Crippen molar-refractivity contribution in [3.63, 3.8) is 0 Å². The largest absolute Gasteiger partial charge is 1.00 e. The molecular formula is C32H22Cl2CoN4NaO4+. The molecule has 0 saturated carbocycles. The van der Waals surface area contributed by atoms with Crippen LogP contribution in [0.2, 0.25) is 10.0 Å². The van der Waals surface area contributed by atoms with Crippen LogP contribution in [0, 0.1) is 0 Å². The molecule has 0 amide bonds. The van der Waals surface area contributed by atoms with Gasteiger partial charge >= 0.3 is 29.6 Å². The number of aromatic hydroxyl groups is 4. The monoisotopic (exact) mass is 678 g/mol. The molecule has 0 aromatic heterocycles. The van der Waals surface area contributed by atoms with E-state index in [0.29, 0.717) is 21.4 Å². The van der Waals surface area contributed by atoms with Crippen molar-refractivity contribution < 1.29 is 66.8 Å². The Kier molecular flexibility index (Phi) is 12.6. The Morgan fingerprint density at radius 3 is 1.20 bits per heavy atom. The Bertz CT molecular complexity index is 1850. The van der Waals surface area contributed by atoms with Crippen LogP contribution in [0.15, 0.2) is 130 Å². The van der Waals surface area contributed by atoms with Gasteiger partial charge in [-0.3, -0.25) is 0 Å². The summed E-state index contributed by atoms with van der Waals surface area (Å²) in [4.78, 5) is 0. The molecule has 12 heteroatoms.